The number of ether oxygens (including phenoxy) is 1. The van der Waals surface area contributed by atoms with Crippen LogP contribution >= 0.6 is 0 Å². The van der Waals surface area contributed by atoms with Crippen molar-refractivity contribution in [3.05, 3.63) is 35.6 Å². The maximum atomic E-state index is 12.5. The Hall–Kier alpha value is -1.38. The summed E-state index contributed by atoms with van der Waals surface area (Å²) < 4.78 is 17.6. The van der Waals surface area contributed by atoms with Gasteiger partial charge in [0.2, 0.25) is 0 Å². The van der Waals surface area contributed by atoms with E-state index in [0.717, 1.165) is 6.42 Å². The van der Waals surface area contributed by atoms with Crippen LogP contribution in [0, 0.1) is 5.82 Å². The molecule has 0 radical (unpaired) electrons. The first-order valence-electron chi connectivity index (χ1n) is 4.60. The van der Waals surface area contributed by atoms with E-state index >= 15 is 0 Å². The van der Waals surface area contributed by atoms with Crippen LogP contribution in [-0.2, 0) is 4.74 Å². The first-order valence-corrected chi connectivity index (χ1v) is 4.60. The van der Waals surface area contributed by atoms with Gasteiger partial charge < -0.3 is 4.74 Å². The zero-order valence-electron chi connectivity index (χ0n) is 8.29. The highest BCUT2D eigenvalue weighted by molar-refractivity contribution is 5.89. The average Bonchev–Trinajstić information content (AvgIpc) is 2.18. The van der Waals surface area contributed by atoms with Gasteiger partial charge in [0, 0.05) is 0 Å². The first kappa shape index (κ1) is 10.7. The highest BCUT2D eigenvalue weighted by Crippen LogP contribution is 2.07. The first-order chi connectivity index (χ1) is 6.63. The van der Waals surface area contributed by atoms with Crippen molar-refractivity contribution in [2.24, 2.45) is 0 Å². The Kier molecular flexibility index (Phi) is 3.63. The molecular formula is C11H13FO2. The molecule has 0 N–H and O–H groups in total. The van der Waals surface area contributed by atoms with Gasteiger partial charge in [-0.15, -0.1) is 0 Å². The molecule has 1 atom stereocenters. The van der Waals surface area contributed by atoms with Crippen LogP contribution in [-0.4, -0.2) is 12.1 Å². The Morgan fingerprint density at radius 1 is 1.43 bits per heavy atom. The molecule has 0 saturated heterocycles. The average molecular weight is 196 g/mol. The second kappa shape index (κ2) is 4.74. The van der Waals surface area contributed by atoms with Crippen LogP contribution in [0.5, 0.6) is 0 Å². The SMILES string of the molecule is CC[C@@H](C)OC(=O)c1ccc(F)cc1. The number of carbonyl (C=O) groups excluding carboxylic acids is 1. The third-order valence-corrected chi connectivity index (χ3v) is 1.96. The van der Waals surface area contributed by atoms with E-state index in [4.69, 9.17) is 4.74 Å². The summed E-state index contributed by atoms with van der Waals surface area (Å²) in [5.74, 6) is -0.760. The summed E-state index contributed by atoms with van der Waals surface area (Å²) >= 11 is 0. The predicted molar refractivity (Wildman–Crippen MR) is 51.6 cm³/mol. The molecule has 0 aliphatic heterocycles. The quantitative estimate of drug-likeness (QED) is 0.695. The van der Waals surface area contributed by atoms with E-state index in [0.29, 0.717) is 5.56 Å². The molecule has 1 aromatic carbocycles. The van der Waals surface area contributed by atoms with Crippen LogP contribution in [0.4, 0.5) is 4.39 Å². The zero-order chi connectivity index (χ0) is 10.6. The van der Waals surface area contributed by atoms with Gasteiger partial charge >= 0.3 is 5.97 Å². The maximum Gasteiger partial charge on any atom is 0.338 e. The number of carbonyl (C=O) groups is 1. The van der Waals surface area contributed by atoms with Crippen LogP contribution in [0.15, 0.2) is 24.3 Å². The number of halogens is 1. The summed E-state index contributed by atoms with van der Waals surface area (Å²) in [5, 5.41) is 0. The molecule has 0 fully saturated rings. The van der Waals surface area contributed by atoms with Gasteiger partial charge in [0.25, 0.3) is 0 Å². The molecule has 0 aliphatic carbocycles. The molecule has 0 saturated carbocycles. The van der Waals surface area contributed by atoms with E-state index < -0.39 is 5.97 Å². The lowest BCUT2D eigenvalue weighted by Crippen LogP contribution is -2.13. The largest absolute Gasteiger partial charge is 0.459 e. The van der Waals surface area contributed by atoms with Crippen molar-refractivity contribution in [1.29, 1.82) is 0 Å². The number of hydrogen-bond acceptors (Lipinski definition) is 2. The van der Waals surface area contributed by atoms with E-state index in [1.807, 2.05) is 13.8 Å². The Balaban J connectivity index is 2.65. The monoisotopic (exact) mass is 196 g/mol. The van der Waals surface area contributed by atoms with Gasteiger partial charge in [-0.2, -0.15) is 0 Å². The van der Waals surface area contributed by atoms with Crippen LogP contribution in [0.25, 0.3) is 0 Å². The second-order valence-electron chi connectivity index (χ2n) is 3.13. The molecule has 1 aromatic rings. The fourth-order valence-electron chi connectivity index (χ4n) is 0.920. The molecule has 0 heterocycles. The summed E-state index contributed by atoms with van der Waals surface area (Å²) in [5.41, 5.74) is 0.381. The van der Waals surface area contributed by atoms with Gasteiger partial charge in [-0.1, -0.05) is 6.92 Å². The fourth-order valence-corrected chi connectivity index (χ4v) is 0.920. The molecule has 14 heavy (non-hydrogen) atoms. The van der Waals surface area contributed by atoms with Gasteiger partial charge in [-0.25, -0.2) is 9.18 Å². The summed E-state index contributed by atoms with van der Waals surface area (Å²) in [7, 11) is 0. The highest BCUT2D eigenvalue weighted by Gasteiger charge is 2.09. The molecule has 0 aliphatic rings. The van der Waals surface area contributed by atoms with E-state index in [2.05, 4.69) is 0 Å². The van der Waals surface area contributed by atoms with Crippen molar-refractivity contribution in [3.8, 4) is 0 Å². The number of esters is 1. The summed E-state index contributed by atoms with van der Waals surface area (Å²) in [6.45, 7) is 3.75. The molecular weight excluding hydrogens is 183 g/mol. The number of rotatable bonds is 3. The van der Waals surface area contributed by atoms with Crippen molar-refractivity contribution in [1.82, 2.24) is 0 Å². The Morgan fingerprint density at radius 3 is 2.50 bits per heavy atom. The Morgan fingerprint density at radius 2 is 2.00 bits per heavy atom. The van der Waals surface area contributed by atoms with Crippen molar-refractivity contribution in [2.75, 3.05) is 0 Å². The lowest BCUT2D eigenvalue weighted by atomic mass is 10.2. The minimum absolute atomic E-state index is 0.104. The smallest absolute Gasteiger partial charge is 0.338 e. The summed E-state index contributed by atoms with van der Waals surface area (Å²) in [4.78, 5) is 11.4. The normalized spacial score (nSPS) is 12.2. The van der Waals surface area contributed by atoms with Crippen molar-refractivity contribution >= 4 is 5.97 Å². The third kappa shape index (κ3) is 2.83. The summed E-state index contributed by atoms with van der Waals surface area (Å²) in [6, 6.07) is 5.32. The summed E-state index contributed by atoms with van der Waals surface area (Å²) in [6.07, 6.45) is 0.667. The van der Waals surface area contributed by atoms with Crippen LogP contribution in [0.3, 0.4) is 0 Å². The van der Waals surface area contributed by atoms with Crippen molar-refractivity contribution in [2.45, 2.75) is 26.4 Å². The lowest BCUT2D eigenvalue weighted by molar-refractivity contribution is 0.0334. The maximum absolute atomic E-state index is 12.5. The lowest BCUT2D eigenvalue weighted by Gasteiger charge is -2.10. The topological polar surface area (TPSA) is 26.3 Å². The van der Waals surface area contributed by atoms with Crippen molar-refractivity contribution in [3.63, 3.8) is 0 Å². The fraction of sp³-hybridized carbons (Fsp3) is 0.364. The standard InChI is InChI=1S/C11H13FO2/c1-3-8(2)14-11(13)9-4-6-10(12)7-5-9/h4-8H,3H2,1-2H3/t8-/m1/s1. The molecule has 0 amide bonds. The predicted octanol–water partition coefficient (Wildman–Crippen LogP) is 2.78. The second-order valence-corrected chi connectivity index (χ2v) is 3.13. The molecule has 1 rings (SSSR count). The van der Waals surface area contributed by atoms with Crippen LogP contribution < -0.4 is 0 Å². The third-order valence-electron chi connectivity index (χ3n) is 1.96. The molecule has 0 spiro atoms. The van der Waals surface area contributed by atoms with E-state index in [9.17, 15) is 9.18 Å². The van der Waals surface area contributed by atoms with Gasteiger partial charge in [-0.05, 0) is 37.6 Å². The van der Waals surface area contributed by atoms with Gasteiger partial charge in [0.05, 0.1) is 11.7 Å². The van der Waals surface area contributed by atoms with Crippen LogP contribution in [0.2, 0.25) is 0 Å². The Bertz CT molecular complexity index is 306. The van der Waals surface area contributed by atoms with Crippen molar-refractivity contribution < 1.29 is 13.9 Å². The highest BCUT2D eigenvalue weighted by atomic mass is 19.1. The van der Waals surface area contributed by atoms with Gasteiger partial charge in [0.1, 0.15) is 5.82 Å². The van der Waals surface area contributed by atoms with Crippen LogP contribution in [0.1, 0.15) is 30.6 Å². The number of benzene rings is 1. The molecule has 2 nitrogen and oxygen atoms in total. The number of hydrogen-bond donors (Lipinski definition) is 0. The van der Waals surface area contributed by atoms with E-state index in [1.54, 1.807) is 0 Å². The zero-order valence-corrected chi connectivity index (χ0v) is 8.29. The minimum atomic E-state index is -0.403. The molecule has 3 heteroatoms. The molecule has 0 bridgehead atoms. The van der Waals surface area contributed by atoms with E-state index in [1.165, 1.54) is 24.3 Å². The minimum Gasteiger partial charge on any atom is -0.459 e. The molecule has 0 aromatic heterocycles. The van der Waals surface area contributed by atoms with E-state index in [-0.39, 0.29) is 11.9 Å². The molecule has 0 unspecified atom stereocenters. The van der Waals surface area contributed by atoms with Gasteiger partial charge in [-0.3, -0.25) is 0 Å². The van der Waals surface area contributed by atoms with Gasteiger partial charge in [0.15, 0.2) is 0 Å². The Labute approximate surface area is 82.7 Å². The molecule has 76 valence electrons.